The van der Waals surface area contributed by atoms with Gasteiger partial charge in [0.15, 0.2) is 5.78 Å². The lowest BCUT2D eigenvalue weighted by Crippen LogP contribution is -2.12. The van der Waals surface area contributed by atoms with Crippen LogP contribution in [0.1, 0.15) is 15.9 Å². The van der Waals surface area contributed by atoms with E-state index in [0.717, 1.165) is 16.3 Å². The average molecular weight is 342 g/mol. The van der Waals surface area contributed by atoms with E-state index in [9.17, 15) is 14.7 Å². The topological polar surface area (TPSA) is 67.5 Å². The molecule has 0 aliphatic carbocycles. The number of para-hydroxylation sites is 1. The summed E-state index contributed by atoms with van der Waals surface area (Å²) in [4.78, 5) is 24.6. The maximum Gasteiger partial charge on any atom is 0.351 e. The highest BCUT2D eigenvalue weighted by Crippen LogP contribution is 2.26. The first-order chi connectivity index (χ1) is 12.6. The molecule has 0 fully saturated rings. The molecular formula is C22H14O4. The van der Waals surface area contributed by atoms with Crippen molar-refractivity contribution in [1.29, 1.82) is 0 Å². The Morgan fingerprint density at radius 2 is 1.65 bits per heavy atom. The fourth-order valence-electron chi connectivity index (χ4n) is 2.92. The predicted molar refractivity (Wildman–Crippen MR) is 101 cm³/mol. The standard InChI is InChI=1S/C22H14O4/c23-18(12-10-14-9-11-15-5-1-2-6-16(15)13-14)20-21(24)17-7-3-4-8-19(17)26-22(20)25/h1-13,24H/b12-10+. The van der Waals surface area contributed by atoms with E-state index >= 15 is 0 Å². The molecule has 26 heavy (non-hydrogen) atoms. The number of rotatable bonds is 3. The van der Waals surface area contributed by atoms with E-state index in [-0.39, 0.29) is 16.9 Å². The molecule has 0 aliphatic heterocycles. The van der Waals surface area contributed by atoms with E-state index in [1.54, 1.807) is 30.3 Å². The fraction of sp³-hybridized carbons (Fsp3) is 0. The minimum Gasteiger partial charge on any atom is -0.506 e. The minimum absolute atomic E-state index is 0.241. The molecule has 126 valence electrons. The van der Waals surface area contributed by atoms with Gasteiger partial charge in [-0.1, -0.05) is 54.6 Å². The van der Waals surface area contributed by atoms with Gasteiger partial charge in [0.05, 0.1) is 5.39 Å². The molecular weight excluding hydrogens is 328 g/mol. The monoisotopic (exact) mass is 342 g/mol. The lowest BCUT2D eigenvalue weighted by atomic mass is 10.0. The molecule has 3 aromatic carbocycles. The first-order valence-corrected chi connectivity index (χ1v) is 8.09. The minimum atomic E-state index is -0.852. The normalized spacial score (nSPS) is 11.4. The second kappa shape index (κ2) is 6.33. The van der Waals surface area contributed by atoms with Gasteiger partial charge in [-0.05, 0) is 40.6 Å². The Morgan fingerprint density at radius 3 is 2.50 bits per heavy atom. The molecule has 1 aromatic heterocycles. The molecule has 0 radical (unpaired) electrons. The van der Waals surface area contributed by atoms with Gasteiger partial charge in [0.1, 0.15) is 16.9 Å². The maximum atomic E-state index is 12.5. The van der Waals surface area contributed by atoms with Crippen LogP contribution in [-0.4, -0.2) is 10.9 Å². The van der Waals surface area contributed by atoms with Crippen molar-refractivity contribution in [3.05, 3.63) is 94.4 Å². The molecule has 0 atom stereocenters. The van der Waals surface area contributed by atoms with E-state index < -0.39 is 11.4 Å². The highest BCUT2D eigenvalue weighted by atomic mass is 16.4. The van der Waals surface area contributed by atoms with Crippen LogP contribution in [0, 0.1) is 0 Å². The molecule has 0 spiro atoms. The van der Waals surface area contributed by atoms with Crippen molar-refractivity contribution in [2.24, 2.45) is 0 Å². The van der Waals surface area contributed by atoms with Crippen molar-refractivity contribution < 1.29 is 14.3 Å². The van der Waals surface area contributed by atoms with E-state index in [1.807, 2.05) is 42.5 Å². The first-order valence-electron chi connectivity index (χ1n) is 8.09. The zero-order chi connectivity index (χ0) is 18.1. The second-order valence-corrected chi connectivity index (χ2v) is 5.91. The summed E-state index contributed by atoms with van der Waals surface area (Å²) in [6.07, 6.45) is 2.88. The van der Waals surface area contributed by atoms with Gasteiger partial charge < -0.3 is 9.52 Å². The summed E-state index contributed by atoms with van der Waals surface area (Å²) in [5.41, 5.74) is -0.151. The van der Waals surface area contributed by atoms with Crippen LogP contribution in [0.4, 0.5) is 0 Å². The molecule has 1 N–H and O–H groups in total. The van der Waals surface area contributed by atoms with Crippen molar-refractivity contribution >= 4 is 33.6 Å². The molecule has 4 nitrogen and oxygen atoms in total. The smallest absolute Gasteiger partial charge is 0.351 e. The van der Waals surface area contributed by atoms with Crippen LogP contribution in [-0.2, 0) is 0 Å². The highest BCUT2D eigenvalue weighted by molar-refractivity contribution is 6.10. The Morgan fingerprint density at radius 1 is 0.923 bits per heavy atom. The van der Waals surface area contributed by atoms with Gasteiger partial charge in [-0.3, -0.25) is 4.79 Å². The van der Waals surface area contributed by atoms with Crippen LogP contribution in [0.5, 0.6) is 5.75 Å². The van der Waals surface area contributed by atoms with Crippen LogP contribution in [0.2, 0.25) is 0 Å². The van der Waals surface area contributed by atoms with Crippen molar-refractivity contribution in [2.75, 3.05) is 0 Å². The van der Waals surface area contributed by atoms with Crippen molar-refractivity contribution in [3.8, 4) is 5.75 Å². The third kappa shape index (κ3) is 2.78. The van der Waals surface area contributed by atoms with Gasteiger partial charge in [0.25, 0.3) is 0 Å². The van der Waals surface area contributed by atoms with Crippen LogP contribution in [0.3, 0.4) is 0 Å². The van der Waals surface area contributed by atoms with Crippen LogP contribution < -0.4 is 5.63 Å². The van der Waals surface area contributed by atoms with E-state index in [1.165, 1.54) is 6.08 Å². The maximum absolute atomic E-state index is 12.5. The lowest BCUT2D eigenvalue weighted by Gasteiger charge is -2.03. The first kappa shape index (κ1) is 15.8. The summed E-state index contributed by atoms with van der Waals surface area (Å²) < 4.78 is 5.13. The van der Waals surface area contributed by atoms with Gasteiger partial charge in [-0.15, -0.1) is 0 Å². The Kier molecular flexibility index (Phi) is 3.86. The van der Waals surface area contributed by atoms with E-state index in [4.69, 9.17) is 4.42 Å². The van der Waals surface area contributed by atoms with E-state index in [0.29, 0.717) is 5.39 Å². The lowest BCUT2D eigenvalue weighted by molar-refractivity contribution is 0.104. The Balaban J connectivity index is 1.72. The zero-order valence-corrected chi connectivity index (χ0v) is 13.7. The average Bonchev–Trinajstić information content (AvgIpc) is 2.66. The predicted octanol–water partition coefficient (Wildman–Crippen LogP) is 4.55. The molecule has 1 heterocycles. The Hall–Kier alpha value is -3.66. The highest BCUT2D eigenvalue weighted by Gasteiger charge is 2.18. The SMILES string of the molecule is O=C(/C=C/c1ccc2ccccc2c1)c1c(O)c2ccccc2oc1=O. The number of aromatic hydroxyl groups is 1. The number of benzene rings is 3. The number of hydrogen-bond acceptors (Lipinski definition) is 4. The molecule has 0 unspecified atom stereocenters. The zero-order valence-electron chi connectivity index (χ0n) is 13.7. The number of fused-ring (bicyclic) bond motifs is 2. The quantitative estimate of drug-likeness (QED) is 0.337. The number of carbonyl (C=O) groups excluding carboxylic acids is 1. The van der Waals surface area contributed by atoms with Crippen LogP contribution in [0.25, 0.3) is 27.8 Å². The van der Waals surface area contributed by atoms with Crippen LogP contribution in [0.15, 0.2) is 82.0 Å². The summed E-state index contributed by atoms with van der Waals surface area (Å²) in [6, 6.07) is 20.2. The van der Waals surface area contributed by atoms with Crippen molar-refractivity contribution in [2.45, 2.75) is 0 Å². The third-order valence-electron chi connectivity index (χ3n) is 4.23. The van der Waals surface area contributed by atoms with Gasteiger partial charge in [0, 0.05) is 0 Å². The molecule has 0 amide bonds. The molecule has 0 bridgehead atoms. The van der Waals surface area contributed by atoms with E-state index in [2.05, 4.69) is 0 Å². The molecule has 4 heteroatoms. The molecule has 4 rings (SSSR count). The van der Waals surface area contributed by atoms with Gasteiger partial charge in [0.2, 0.25) is 0 Å². The third-order valence-corrected chi connectivity index (χ3v) is 4.23. The summed E-state index contributed by atoms with van der Waals surface area (Å²) in [7, 11) is 0. The molecule has 0 saturated heterocycles. The second-order valence-electron chi connectivity index (χ2n) is 5.91. The number of allylic oxidation sites excluding steroid dienone is 1. The Bertz CT molecular complexity index is 1230. The number of carbonyl (C=O) groups is 1. The number of ketones is 1. The van der Waals surface area contributed by atoms with Crippen LogP contribution >= 0.6 is 0 Å². The summed E-state index contributed by atoms with van der Waals surface area (Å²) in [6.45, 7) is 0. The summed E-state index contributed by atoms with van der Waals surface area (Å²) >= 11 is 0. The summed E-state index contributed by atoms with van der Waals surface area (Å²) in [5.74, 6) is -0.958. The Labute approximate surface area is 148 Å². The largest absolute Gasteiger partial charge is 0.506 e. The van der Waals surface area contributed by atoms with Gasteiger partial charge in [-0.25, -0.2) is 4.79 Å². The van der Waals surface area contributed by atoms with Crippen molar-refractivity contribution in [3.63, 3.8) is 0 Å². The van der Waals surface area contributed by atoms with Gasteiger partial charge in [-0.2, -0.15) is 0 Å². The van der Waals surface area contributed by atoms with Gasteiger partial charge >= 0.3 is 5.63 Å². The molecule has 0 saturated carbocycles. The summed E-state index contributed by atoms with van der Waals surface area (Å²) in [5, 5.41) is 12.8. The molecule has 0 aliphatic rings. The molecule has 4 aromatic rings. The van der Waals surface area contributed by atoms with Crippen molar-refractivity contribution in [1.82, 2.24) is 0 Å². The number of hydrogen-bond donors (Lipinski definition) is 1. The fourth-order valence-corrected chi connectivity index (χ4v) is 2.92.